The number of amides is 1. The molecule has 2 aromatic rings. The van der Waals surface area contributed by atoms with Crippen LogP contribution in [0.3, 0.4) is 0 Å². The Morgan fingerprint density at radius 2 is 1.86 bits per heavy atom. The minimum Gasteiger partial charge on any atom is -0.378 e. The van der Waals surface area contributed by atoms with E-state index in [1.807, 2.05) is 24.3 Å². The first-order chi connectivity index (χ1) is 10.1. The number of primary amides is 1. The molecule has 0 fully saturated rings. The predicted molar refractivity (Wildman–Crippen MR) is 89.6 cm³/mol. The number of nitrogens with one attached hydrogen (secondary N) is 1. The van der Waals surface area contributed by atoms with Gasteiger partial charge in [-0.3, -0.25) is 4.79 Å². The molecule has 0 radical (unpaired) electrons. The molecule has 4 heteroatoms. The van der Waals surface area contributed by atoms with Gasteiger partial charge in [0.2, 0.25) is 5.91 Å². The van der Waals surface area contributed by atoms with Gasteiger partial charge >= 0.3 is 0 Å². The molecule has 0 bridgehead atoms. The molecule has 0 saturated carbocycles. The molecule has 2 rings (SSSR count). The van der Waals surface area contributed by atoms with E-state index in [4.69, 9.17) is 5.73 Å². The molecule has 0 spiro atoms. The maximum atomic E-state index is 11.1. The highest BCUT2D eigenvalue weighted by Gasteiger charge is 2.09. The first-order valence-electron chi connectivity index (χ1n) is 6.87. The number of rotatable bonds is 6. The van der Waals surface area contributed by atoms with Gasteiger partial charge in [-0.05, 0) is 42.5 Å². The van der Waals surface area contributed by atoms with Crippen LogP contribution in [0.5, 0.6) is 0 Å². The second-order valence-corrected chi connectivity index (χ2v) is 5.82. The van der Waals surface area contributed by atoms with Gasteiger partial charge < -0.3 is 11.1 Å². The monoisotopic (exact) mass is 300 g/mol. The summed E-state index contributed by atoms with van der Waals surface area (Å²) < 4.78 is 0. The summed E-state index contributed by atoms with van der Waals surface area (Å²) in [6.07, 6.45) is 2.32. The van der Waals surface area contributed by atoms with E-state index in [0.717, 1.165) is 11.3 Å². The van der Waals surface area contributed by atoms with Gasteiger partial charge in [-0.25, -0.2) is 0 Å². The van der Waals surface area contributed by atoms with E-state index in [1.54, 1.807) is 11.8 Å². The van der Waals surface area contributed by atoms with Crippen molar-refractivity contribution in [1.82, 2.24) is 0 Å². The maximum absolute atomic E-state index is 11.1. The number of thioether (sulfide) groups is 1. The van der Waals surface area contributed by atoms with E-state index >= 15 is 0 Å². The standard InChI is InChI=1S/C17H20N2OS/c1-12(13-7-9-15(21-2)10-8-13)19-16-6-4-3-5-14(16)11-17(18)20/h3-10,12,19H,11H2,1-2H3,(H2,18,20). The molecule has 0 aliphatic heterocycles. The molecule has 1 amide bonds. The first kappa shape index (κ1) is 15.4. The van der Waals surface area contributed by atoms with Crippen LogP contribution in [0.2, 0.25) is 0 Å². The SMILES string of the molecule is CSc1ccc(C(C)Nc2ccccc2CC(N)=O)cc1. The summed E-state index contributed by atoms with van der Waals surface area (Å²) in [7, 11) is 0. The lowest BCUT2D eigenvalue weighted by molar-refractivity contribution is -0.117. The Morgan fingerprint density at radius 1 is 1.19 bits per heavy atom. The van der Waals surface area contributed by atoms with Crippen molar-refractivity contribution in [3.63, 3.8) is 0 Å². The van der Waals surface area contributed by atoms with Crippen molar-refractivity contribution in [3.8, 4) is 0 Å². The fraction of sp³-hybridized carbons (Fsp3) is 0.235. The quantitative estimate of drug-likeness (QED) is 0.801. The number of para-hydroxylation sites is 1. The Hall–Kier alpha value is -1.94. The zero-order chi connectivity index (χ0) is 15.2. The Labute approximate surface area is 129 Å². The lowest BCUT2D eigenvalue weighted by Gasteiger charge is -2.18. The molecule has 2 aromatic carbocycles. The van der Waals surface area contributed by atoms with Gasteiger partial charge in [0.1, 0.15) is 0 Å². The smallest absolute Gasteiger partial charge is 0.221 e. The molecule has 3 nitrogen and oxygen atoms in total. The van der Waals surface area contributed by atoms with Crippen LogP contribution in [0, 0.1) is 0 Å². The van der Waals surface area contributed by atoms with Crippen molar-refractivity contribution in [2.75, 3.05) is 11.6 Å². The van der Waals surface area contributed by atoms with Gasteiger partial charge in [-0.15, -0.1) is 11.8 Å². The van der Waals surface area contributed by atoms with Gasteiger partial charge in [0, 0.05) is 16.6 Å². The summed E-state index contributed by atoms with van der Waals surface area (Å²) in [5, 5.41) is 3.46. The third-order valence-corrected chi connectivity index (χ3v) is 4.11. The van der Waals surface area contributed by atoms with Gasteiger partial charge in [0.15, 0.2) is 0 Å². The van der Waals surface area contributed by atoms with Crippen LogP contribution in [0.15, 0.2) is 53.4 Å². The summed E-state index contributed by atoms with van der Waals surface area (Å²) in [4.78, 5) is 12.4. The lowest BCUT2D eigenvalue weighted by atomic mass is 10.1. The number of hydrogen-bond donors (Lipinski definition) is 2. The number of benzene rings is 2. The van der Waals surface area contributed by atoms with Crippen molar-refractivity contribution in [1.29, 1.82) is 0 Å². The van der Waals surface area contributed by atoms with Gasteiger partial charge in [0.05, 0.1) is 6.42 Å². The van der Waals surface area contributed by atoms with Crippen LogP contribution in [0.25, 0.3) is 0 Å². The van der Waals surface area contributed by atoms with Crippen molar-refractivity contribution < 1.29 is 4.79 Å². The van der Waals surface area contributed by atoms with Gasteiger partial charge in [-0.1, -0.05) is 30.3 Å². The Bertz CT molecular complexity index is 610. The Balaban J connectivity index is 2.14. The number of anilines is 1. The zero-order valence-electron chi connectivity index (χ0n) is 12.3. The molecule has 3 N–H and O–H groups in total. The fourth-order valence-electron chi connectivity index (χ4n) is 2.21. The summed E-state index contributed by atoms with van der Waals surface area (Å²) in [6.45, 7) is 2.11. The maximum Gasteiger partial charge on any atom is 0.221 e. The second-order valence-electron chi connectivity index (χ2n) is 4.94. The molecular weight excluding hydrogens is 280 g/mol. The molecule has 0 aliphatic rings. The minimum absolute atomic E-state index is 0.162. The zero-order valence-corrected chi connectivity index (χ0v) is 13.1. The molecule has 0 aliphatic carbocycles. The van der Waals surface area contributed by atoms with Crippen molar-refractivity contribution in [2.45, 2.75) is 24.3 Å². The van der Waals surface area contributed by atoms with Crippen LogP contribution in [-0.4, -0.2) is 12.2 Å². The number of nitrogens with two attached hydrogens (primary N) is 1. The molecule has 1 unspecified atom stereocenters. The third kappa shape index (κ3) is 4.26. The molecule has 0 saturated heterocycles. The average molecular weight is 300 g/mol. The van der Waals surface area contributed by atoms with E-state index < -0.39 is 0 Å². The highest BCUT2D eigenvalue weighted by atomic mass is 32.2. The normalized spacial score (nSPS) is 11.9. The lowest BCUT2D eigenvalue weighted by Crippen LogP contribution is -2.16. The highest BCUT2D eigenvalue weighted by molar-refractivity contribution is 7.98. The number of hydrogen-bond acceptors (Lipinski definition) is 3. The van der Waals surface area contributed by atoms with Gasteiger partial charge in [0.25, 0.3) is 0 Å². The van der Waals surface area contributed by atoms with Crippen LogP contribution < -0.4 is 11.1 Å². The topological polar surface area (TPSA) is 55.1 Å². The fourth-order valence-corrected chi connectivity index (χ4v) is 2.62. The predicted octanol–water partition coefficient (Wildman–Crippen LogP) is 3.61. The molecule has 1 atom stereocenters. The first-order valence-corrected chi connectivity index (χ1v) is 8.09. The summed E-state index contributed by atoms with van der Waals surface area (Å²) in [6, 6.07) is 16.4. The summed E-state index contributed by atoms with van der Waals surface area (Å²) >= 11 is 1.73. The molecule has 21 heavy (non-hydrogen) atoms. The van der Waals surface area contributed by atoms with Crippen LogP contribution >= 0.6 is 11.8 Å². The van der Waals surface area contributed by atoms with Crippen molar-refractivity contribution in [2.24, 2.45) is 5.73 Å². The van der Waals surface area contributed by atoms with E-state index in [1.165, 1.54) is 10.5 Å². The Morgan fingerprint density at radius 3 is 2.48 bits per heavy atom. The molecular formula is C17H20N2OS. The largest absolute Gasteiger partial charge is 0.378 e. The van der Waals surface area contributed by atoms with E-state index in [9.17, 15) is 4.79 Å². The van der Waals surface area contributed by atoms with E-state index in [2.05, 4.69) is 42.8 Å². The summed E-state index contributed by atoms with van der Waals surface area (Å²) in [5.74, 6) is -0.318. The molecule has 0 heterocycles. The summed E-state index contributed by atoms with van der Waals surface area (Å²) in [5.41, 5.74) is 8.39. The number of carbonyl (C=O) groups is 1. The van der Waals surface area contributed by atoms with Crippen LogP contribution in [-0.2, 0) is 11.2 Å². The third-order valence-electron chi connectivity index (χ3n) is 3.37. The van der Waals surface area contributed by atoms with Crippen LogP contribution in [0.1, 0.15) is 24.1 Å². The van der Waals surface area contributed by atoms with Crippen molar-refractivity contribution >= 4 is 23.4 Å². The minimum atomic E-state index is -0.318. The average Bonchev–Trinajstić information content (AvgIpc) is 2.49. The molecule has 110 valence electrons. The van der Waals surface area contributed by atoms with Crippen molar-refractivity contribution in [3.05, 3.63) is 59.7 Å². The van der Waals surface area contributed by atoms with E-state index in [-0.39, 0.29) is 18.4 Å². The second kappa shape index (κ2) is 7.18. The van der Waals surface area contributed by atoms with E-state index in [0.29, 0.717) is 0 Å². The Kier molecular flexibility index (Phi) is 5.28. The molecule has 0 aromatic heterocycles. The van der Waals surface area contributed by atoms with Gasteiger partial charge in [-0.2, -0.15) is 0 Å². The highest BCUT2D eigenvalue weighted by Crippen LogP contribution is 2.24. The van der Waals surface area contributed by atoms with Crippen LogP contribution in [0.4, 0.5) is 5.69 Å². The number of carbonyl (C=O) groups excluding carboxylic acids is 1.